The average Bonchev–Trinajstić information content (AvgIpc) is 2.80. The summed E-state index contributed by atoms with van der Waals surface area (Å²) in [6.45, 7) is 4.35. The molecular weight excluding hydrogens is 313 g/mol. The summed E-state index contributed by atoms with van der Waals surface area (Å²) in [6.07, 6.45) is -2.75. The van der Waals surface area contributed by atoms with Crippen molar-refractivity contribution in [2.75, 3.05) is 18.4 Å². The van der Waals surface area contributed by atoms with Gasteiger partial charge in [-0.1, -0.05) is 29.2 Å². The molecule has 1 heterocycles. The molecular formula is C10H13F3N4OS2. The highest BCUT2D eigenvalue weighted by molar-refractivity contribution is 8.02. The molecule has 5 nitrogen and oxygen atoms in total. The summed E-state index contributed by atoms with van der Waals surface area (Å²) in [5, 5.41) is 11.7. The zero-order chi connectivity index (χ0) is 15.2. The Morgan fingerprint density at radius 3 is 2.85 bits per heavy atom. The summed E-state index contributed by atoms with van der Waals surface area (Å²) in [5.41, 5.74) is 0. The molecule has 1 unspecified atom stereocenters. The molecule has 1 amide bonds. The third-order valence-electron chi connectivity index (χ3n) is 1.91. The van der Waals surface area contributed by atoms with Crippen LogP contribution in [0.3, 0.4) is 0 Å². The van der Waals surface area contributed by atoms with Gasteiger partial charge < -0.3 is 10.6 Å². The smallest absolute Gasteiger partial charge is 0.352 e. The first-order valence-corrected chi connectivity index (χ1v) is 7.21. The quantitative estimate of drug-likeness (QED) is 0.594. The van der Waals surface area contributed by atoms with E-state index in [1.807, 2.05) is 0 Å². The number of nitrogens with zero attached hydrogens (tertiary/aromatic N) is 2. The third kappa shape index (κ3) is 6.24. The molecule has 1 aromatic heterocycles. The molecule has 0 aliphatic heterocycles. The zero-order valence-electron chi connectivity index (χ0n) is 10.5. The Labute approximate surface area is 122 Å². The number of hydrogen-bond donors (Lipinski definition) is 2. The Kier molecular flexibility index (Phi) is 6.27. The van der Waals surface area contributed by atoms with Crippen LogP contribution in [0.4, 0.5) is 18.3 Å². The molecule has 0 saturated heterocycles. The number of aromatic nitrogens is 2. The second-order valence-electron chi connectivity index (χ2n) is 3.64. The average molecular weight is 326 g/mol. The van der Waals surface area contributed by atoms with E-state index in [-0.39, 0.29) is 11.0 Å². The number of thioether (sulfide) groups is 1. The lowest BCUT2D eigenvalue weighted by atomic mass is 10.4. The van der Waals surface area contributed by atoms with Crippen LogP contribution in [0.15, 0.2) is 17.0 Å². The molecule has 0 aliphatic carbocycles. The Bertz CT molecular complexity index is 464. The van der Waals surface area contributed by atoms with Gasteiger partial charge in [0, 0.05) is 6.54 Å². The molecule has 0 bridgehead atoms. The number of amides is 1. The molecule has 1 aromatic rings. The number of hydrogen-bond acceptors (Lipinski definition) is 6. The summed E-state index contributed by atoms with van der Waals surface area (Å²) >= 11 is 2.11. The minimum Gasteiger partial charge on any atom is -0.352 e. The Hall–Kier alpha value is -1.29. The second-order valence-corrected chi connectivity index (χ2v) is 6.20. The van der Waals surface area contributed by atoms with Gasteiger partial charge in [0.2, 0.25) is 11.0 Å². The zero-order valence-corrected chi connectivity index (χ0v) is 12.2. The van der Waals surface area contributed by atoms with Crippen LogP contribution in [0.5, 0.6) is 0 Å². The molecule has 1 rings (SSSR count). The van der Waals surface area contributed by atoms with Crippen molar-refractivity contribution in [1.82, 2.24) is 15.5 Å². The van der Waals surface area contributed by atoms with Gasteiger partial charge in [0.15, 0.2) is 4.34 Å². The summed E-state index contributed by atoms with van der Waals surface area (Å²) in [6, 6.07) is 0. The maximum absolute atomic E-state index is 12.0. The molecule has 0 spiro atoms. The molecule has 112 valence electrons. The highest BCUT2D eigenvalue weighted by Gasteiger charge is 2.27. The molecule has 2 N–H and O–H groups in total. The number of anilines is 1. The first kappa shape index (κ1) is 16.8. The van der Waals surface area contributed by atoms with Crippen LogP contribution in [0.1, 0.15) is 6.92 Å². The van der Waals surface area contributed by atoms with Crippen LogP contribution in [0.2, 0.25) is 0 Å². The molecule has 0 aromatic carbocycles. The van der Waals surface area contributed by atoms with E-state index in [1.165, 1.54) is 0 Å². The van der Waals surface area contributed by atoms with Crippen molar-refractivity contribution in [3.63, 3.8) is 0 Å². The second kappa shape index (κ2) is 7.48. The number of rotatable bonds is 7. The van der Waals surface area contributed by atoms with Gasteiger partial charge in [-0.05, 0) is 6.92 Å². The van der Waals surface area contributed by atoms with Crippen LogP contribution in [-0.4, -0.2) is 40.6 Å². The number of alkyl halides is 3. The van der Waals surface area contributed by atoms with Crippen molar-refractivity contribution < 1.29 is 18.0 Å². The van der Waals surface area contributed by atoms with Crippen LogP contribution in [0.25, 0.3) is 0 Å². The lowest BCUT2D eigenvalue weighted by Crippen LogP contribution is -2.30. The van der Waals surface area contributed by atoms with E-state index in [4.69, 9.17) is 0 Å². The van der Waals surface area contributed by atoms with Crippen molar-refractivity contribution in [1.29, 1.82) is 0 Å². The van der Waals surface area contributed by atoms with Crippen molar-refractivity contribution in [3.05, 3.63) is 12.7 Å². The predicted molar refractivity (Wildman–Crippen MR) is 73.0 cm³/mol. The fourth-order valence-corrected chi connectivity index (χ4v) is 2.94. The number of halogens is 3. The van der Waals surface area contributed by atoms with Crippen LogP contribution < -0.4 is 10.6 Å². The maximum atomic E-state index is 12.0. The molecule has 0 aliphatic rings. The van der Waals surface area contributed by atoms with E-state index in [0.717, 1.165) is 23.1 Å². The van der Waals surface area contributed by atoms with Gasteiger partial charge in [0.25, 0.3) is 0 Å². The van der Waals surface area contributed by atoms with Crippen LogP contribution in [-0.2, 0) is 4.79 Å². The molecule has 0 saturated carbocycles. The van der Waals surface area contributed by atoms with E-state index in [0.29, 0.717) is 10.9 Å². The molecule has 0 radical (unpaired) electrons. The highest BCUT2D eigenvalue weighted by Crippen LogP contribution is 2.29. The summed E-state index contributed by atoms with van der Waals surface area (Å²) in [7, 11) is 0. The lowest BCUT2D eigenvalue weighted by molar-refractivity contribution is -0.120. The monoisotopic (exact) mass is 326 g/mol. The van der Waals surface area contributed by atoms with Gasteiger partial charge in [0.05, 0.1) is 5.25 Å². The minimum absolute atomic E-state index is 0.0727. The summed E-state index contributed by atoms with van der Waals surface area (Å²) < 4.78 is 36.5. The molecule has 10 heteroatoms. The Morgan fingerprint density at radius 2 is 2.25 bits per heavy atom. The van der Waals surface area contributed by atoms with Crippen molar-refractivity contribution in [2.45, 2.75) is 22.7 Å². The van der Waals surface area contributed by atoms with E-state index < -0.39 is 18.0 Å². The molecule has 0 fully saturated rings. The Balaban J connectivity index is 2.47. The maximum Gasteiger partial charge on any atom is 0.405 e. The predicted octanol–water partition coefficient (Wildman–Crippen LogP) is 2.30. The van der Waals surface area contributed by atoms with Gasteiger partial charge in [-0.25, -0.2) is 0 Å². The van der Waals surface area contributed by atoms with E-state index >= 15 is 0 Å². The van der Waals surface area contributed by atoms with Crippen LogP contribution >= 0.6 is 23.1 Å². The first-order valence-electron chi connectivity index (χ1n) is 5.51. The van der Waals surface area contributed by atoms with Gasteiger partial charge >= 0.3 is 6.18 Å². The van der Waals surface area contributed by atoms with Crippen molar-refractivity contribution >= 4 is 34.1 Å². The van der Waals surface area contributed by atoms with Crippen molar-refractivity contribution in [2.24, 2.45) is 0 Å². The standard InChI is InChI=1S/C10H13F3N4OS2/c1-3-4-14-7(18)6(2)19-9-17-16-8(20-9)15-5-10(11,12)13/h3,6H,1,4-5H2,2H3,(H,14,18)(H,15,16). The fraction of sp³-hybridized carbons (Fsp3) is 0.500. The van der Waals surface area contributed by atoms with Gasteiger partial charge in [-0.15, -0.1) is 16.8 Å². The van der Waals surface area contributed by atoms with Gasteiger partial charge in [-0.3, -0.25) is 4.79 Å². The number of carbonyl (C=O) groups is 1. The number of carbonyl (C=O) groups excluding carboxylic acids is 1. The highest BCUT2D eigenvalue weighted by atomic mass is 32.2. The van der Waals surface area contributed by atoms with Crippen LogP contribution in [0, 0.1) is 0 Å². The fourth-order valence-electron chi connectivity index (χ4n) is 1.03. The van der Waals surface area contributed by atoms with Gasteiger partial charge in [-0.2, -0.15) is 13.2 Å². The van der Waals surface area contributed by atoms with E-state index in [9.17, 15) is 18.0 Å². The van der Waals surface area contributed by atoms with E-state index in [2.05, 4.69) is 27.4 Å². The van der Waals surface area contributed by atoms with E-state index in [1.54, 1.807) is 13.0 Å². The molecule has 1 atom stereocenters. The molecule has 20 heavy (non-hydrogen) atoms. The Morgan fingerprint density at radius 1 is 1.55 bits per heavy atom. The summed E-state index contributed by atoms with van der Waals surface area (Å²) in [4.78, 5) is 11.6. The van der Waals surface area contributed by atoms with Gasteiger partial charge in [0.1, 0.15) is 6.54 Å². The lowest BCUT2D eigenvalue weighted by Gasteiger charge is -2.08. The third-order valence-corrected chi connectivity index (χ3v) is 3.98. The minimum atomic E-state index is -4.31. The summed E-state index contributed by atoms with van der Waals surface area (Å²) in [5.74, 6) is -0.199. The first-order chi connectivity index (χ1) is 9.31. The SMILES string of the molecule is C=CCNC(=O)C(C)Sc1nnc(NCC(F)(F)F)s1. The largest absolute Gasteiger partial charge is 0.405 e. The number of nitrogens with one attached hydrogen (secondary N) is 2. The topological polar surface area (TPSA) is 66.9 Å². The van der Waals surface area contributed by atoms with Crippen molar-refractivity contribution in [3.8, 4) is 0 Å². The normalized spacial score (nSPS) is 12.8.